The van der Waals surface area contributed by atoms with Gasteiger partial charge in [-0.25, -0.2) is 0 Å². The average Bonchev–Trinajstić information content (AvgIpc) is 3.01. The molecule has 0 spiro atoms. The molecule has 3 aromatic carbocycles. The number of ketones is 1. The maximum absolute atomic E-state index is 13.7. The lowest BCUT2D eigenvalue weighted by molar-refractivity contribution is -0.125. The van der Waals surface area contributed by atoms with Crippen molar-refractivity contribution in [2.75, 3.05) is 17.3 Å². The predicted molar refractivity (Wildman–Crippen MR) is 145 cm³/mol. The largest absolute Gasteiger partial charge is 0.493 e. The molecule has 190 valence electrons. The lowest BCUT2D eigenvalue weighted by Crippen LogP contribution is -2.42. The summed E-state index contributed by atoms with van der Waals surface area (Å²) in [5, 5.41) is 3.51. The molecule has 2 unspecified atom stereocenters. The van der Waals surface area contributed by atoms with Crippen LogP contribution >= 0.6 is 0 Å². The molecule has 1 amide bonds. The van der Waals surface area contributed by atoms with Crippen molar-refractivity contribution in [1.29, 1.82) is 0 Å². The number of allylic oxidation sites excluding steroid dienone is 1. The normalized spacial score (nSPS) is 20.1. The minimum absolute atomic E-state index is 0.0987. The second-order valence-corrected chi connectivity index (χ2v) is 10.4. The van der Waals surface area contributed by atoms with Gasteiger partial charge < -0.3 is 19.7 Å². The molecule has 0 bridgehead atoms. The van der Waals surface area contributed by atoms with Crippen LogP contribution in [0.3, 0.4) is 0 Å². The molecule has 0 fully saturated rings. The molecule has 0 aromatic heterocycles. The van der Waals surface area contributed by atoms with Gasteiger partial charge in [0.2, 0.25) is 5.91 Å². The van der Waals surface area contributed by atoms with E-state index in [9.17, 15) is 9.59 Å². The van der Waals surface area contributed by atoms with Crippen molar-refractivity contribution in [3.05, 3.63) is 95.7 Å². The average molecular weight is 497 g/mol. The zero-order valence-corrected chi connectivity index (χ0v) is 21.7. The second-order valence-electron chi connectivity index (χ2n) is 10.4. The van der Waals surface area contributed by atoms with Crippen molar-refractivity contribution >= 4 is 23.1 Å². The summed E-state index contributed by atoms with van der Waals surface area (Å²) in [6.45, 7) is 6.04. The first-order valence-electron chi connectivity index (χ1n) is 12.5. The topological polar surface area (TPSA) is 67.9 Å². The molecular formula is C31H32N2O4. The number of nitrogens with one attached hydrogen (secondary N) is 1. The van der Waals surface area contributed by atoms with E-state index in [2.05, 4.69) is 25.2 Å². The Morgan fingerprint density at radius 1 is 1.03 bits per heavy atom. The number of carbonyl (C=O) groups is 2. The highest BCUT2D eigenvalue weighted by Crippen LogP contribution is 2.49. The van der Waals surface area contributed by atoms with Crippen LogP contribution in [0.15, 0.2) is 84.6 Å². The summed E-state index contributed by atoms with van der Waals surface area (Å²) in [4.78, 5) is 28.7. The summed E-state index contributed by atoms with van der Waals surface area (Å²) in [5.41, 5.74) is 3.92. The summed E-state index contributed by atoms with van der Waals surface area (Å²) in [5.74, 6) is 0.571. The van der Waals surface area contributed by atoms with Gasteiger partial charge >= 0.3 is 0 Å². The third-order valence-electron chi connectivity index (χ3n) is 7.00. The number of para-hydroxylation sites is 2. The Hall–Kier alpha value is -4.06. The van der Waals surface area contributed by atoms with Gasteiger partial charge in [0.1, 0.15) is 12.4 Å². The van der Waals surface area contributed by atoms with Crippen LogP contribution in [0.25, 0.3) is 0 Å². The minimum Gasteiger partial charge on any atom is -0.493 e. The van der Waals surface area contributed by atoms with Gasteiger partial charge in [0.15, 0.2) is 11.5 Å². The first-order chi connectivity index (χ1) is 17.8. The highest BCUT2D eigenvalue weighted by Gasteiger charge is 2.45. The molecule has 1 aliphatic carbocycles. The lowest BCUT2D eigenvalue weighted by Gasteiger charge is -2.39. The molecule has 3 aromatic rings. The SMILES string of the molecule is COc1ccc(C2C3C(=O)CC(C)(C)C=C3Nc3ccccc3N2C(C)=O)cc1OCc1ccccc1. The molecule has 37 heavy (non-hydrogen) atoms. The summed E-state index contributed by atoms with van der Waals surface area (Å²) in [7, 11) is 1.60. The number of rotatable bonds is 5. The number of fused-ring (bicyclic) bond motifs is 2. The predicted octanol–water partition coefficient (Wildman–Crippen LogP) is 6.29. The van der Waals surface area contributed by atoms with E-state index in [1.54, 1.807) is 18.9 Å². The van der Waals surface area contributed by atoms with Gasteiger partial charge in [0, 0.05) is 19.0 Å². The van der Waals surface area contributed by atoms with Crippen LogP contribution in [0.5, 0.6) is 11.5 Å². The Balaban J connectivity index is 1.65. The third-order valence-corrected chi connectivity index (χ3v) is 7.00. The summed E-state index contributed by atoms with van der Waals surface area (Å²) in [6, 6.07) is 22.7. The maximum atomic E-state index is 13.7. The number of benzene rings is 3. The molecule has 0 radical (unpaired) electrons. The first-order valence-corrected chi connectivity index (χ1v) is 12.5. The number of nitrogens with zero attached hydrogens (tertiary/aromatic N) is 1. The number of ether oxygens (including phenoxy) is 2. The van der Waals surface area contributed by atoms with Crippen LogP contribution in [0.1, 0.15) is 44.4 Å². The van der Waals surface area contributed by atoms with E-state index in [1.807, 2.05) is 72.8 Å². The monoisotopic (exact) mass is 496 g/mol. The molecule has 6 heteroatoms. The Bertz CT molecular complexity index is 1360. The summed E-state index contributed by atoms with van der Waals surface area (Å²) in [6.07, 6.45) is 2.54. The van der Waals surface area contributed by atoms with Crippen molar-refractivity contribution in [3.63, 3.8) is 0 Å². The molecule has 5 rings (SSSR count). The number of anilines is 2. The van der Waals surface area contributed by atoms with Gasteiger partial charge in [-0.3, -0.25) is 9.59 Å². The van der Waals surface area contributed by atoms with E-state index in [-0.39, 0.29) is 17.1 Å². The van der Waals surface area contributed by atoms with Crippen LogP contribution in [0, 0.1) is 11.3 Å². The van der Waals surface area contributed by atoms with Crippen LogP contribution < -0.4 is 19.7 Å². The Morgan fingerprint density at radius 2 is 1.76 bits per heavy atom. The number of methoxy groups -OCH3 is 1. The van der Waals surface area contributed by atoms with Gasteiger partial charge in [-0.15, -0.1) is 0 Å². The van der Waals surface area contributed by atoms with Gasteiger partial charge in [-0.05, 0) is 40.8 Å². The van der Waals surface area contributed by atoms with Crippen molar-refractivity contribution in [2.24, 2.45) is 11.3 Å². The molecule has 1 N–H and O–H groups in total. The van der Waals surface area contributed by atoms with Crippen molar-refractivity contribution in [2.45, 2.75) is 39.8 Å². The summed E-state index contributed by atoms with van der Waals surface area (Å²) < 4.78 is 11.8. The molecule has 2 atom stereocenters. The van der Waals surface area contributed by atoms with E-state index in [1.165, 1.54) is 0 Å². The fourth-order valence-electron chi connectivity index (χ4n) is 5.43. The molecule has 1 aliphatic heterocycles. The number of hydrogen-bond acceptors (Lipinski definition) is 5. The van der Waals surface area contributed by atoms with Crippen molar-refractivity contribution in [1.82, 2.24) is 0 Å². The molecule has 6 nitrogen and oxygen atoms in total. The van der Waals surface area contributed by atoms with Crippen LogP contribution in [-0.2, 0) is 16.2 Å². The molecule has 0 saturated carbocycles. The van der Waals surface area contributed by atoms with E-state index in [4.69, 9.17) is 9.47 Å². The Kier molecular flexibility index (Phi) is 6.50. The van der Waals surface area contributed by atoms with E-state index in [0.717, 1.165) is 28.2 Å². The third kappa shape index (κ3) is 4.84. The number of amides is 1. The molecule has 2 aliphatic rings. The number of Topliss-reactive ketones (excluding diaryl/α,β-unsaturated/α-hetero) is 1. The van der Waals surface area contributed by atoms with E-state index < -0.39 is 12.0 Å². The molecular weight excluding hydrogens is 464 g/mol. The molecule has 0 saturated heterocycles. The fourth-order valence-corrected chi connectivity index (χ4v) is 5.43. The van der Waals surface area contributed by atoms with Gasteiger partial charge in [0.25, 0.3) is 0 Å². The smallest absolute Gasteiger partial charge is 0.224 e. The zero-order valence-electron chi connectivity index (χ0n) is 21.7. The summed E-state index contributed by atoms with van der Waals surface area (Å²) >= 11 is 0. The second kappa shape index (κ2) is 9.77. The molecule has 1 heterocycles. The standard InChI is InChI=1S/C31H32N2O4/c1-20(34)33-25-13-9-8-12-23(25)32-24-17-31(2,3)18-26(35)29(24)30(33)22-14-15-27(36-4)28(16-22)37-19-21-10-6-5-7-11-21/h5-17,29-30,32H,18-19H2,1-4H3. The highest BCUT2D eigenvalue weighted by atomic mass is 16.5. The minimum atomic E-state index is -0.548. The van der Waals surface area contributed by atoms with Crippen molar-refractivity contribution < 1.29 is 19.1 Å². The van der Waals surface area contributed by atoms with Crippen LogP contribution in [0.4, 0.5) is 11.4 Å². The zero-order chi connectivity index (χ0) is 26.2. The fraction of sp³-hybridized carbons (Fsp3) is 0.290. The van der Waals surface area contributed by atoms with Gasteiger partial charge in [0.05, 0.1) is 30.4 Å². The number of carbonyl (C=O) groups excluding carboxylic acids is 2. The lowest BCUT2D eigenvalue weighted by atomic mass is 9.72. The van der Waals surface area contributed by atoms with Crippen molar-refractivity contribution in [3.8, 4) is 11.5 Å². The highest BCUT2D eigenvalue weighted by molar-refractivity contribution is 6.00. The van der Waals surface area contributed by atoms with E-state index >= 15 is 0 Å². The Labute approximate surface area is 217 Å². The van der Waals surface area contributed by atoms with Gasteiger partial charge in [-0.1, -0.05) is 68.5 Å². The first kappa shape index (κ1) is 24.6. The quantitative estimate of drug-likeness (QED) is 0.449. The maximum Gasteiger partial charge on any atom is 0.224 e. The van der Waals surface area contributed by atoms with Crippen LogP contribution in [0.2, 0.25) is 0 Å². The van der Waals surface area contributed by atoms with Gasteiger partial charge in [-0.2, -0.15) is 0 Å². The van der Waals surface area contributed by atoms with E-state index in [0.29, 0.717) is 24.5 Å². The Morgan fingerprint density at radius 3 is 2.49 bits per heavy atom. The van der Waals surface area contributed by atoms with Crippen LogP contribution in [-0.4, -0.2) is 18.8 Å². The number of hydrogen-bond donors (Lipinski definition) is 1.